The van der Waals surface area contributed by atoms with Gasteiger partial charge in [-0.3, -0.25) is 0 Å². The highest BCUT2D eigenvalue weighted by atomic mass is 16.5. The molecule has 104 valence electrons. The molecule has 0 fully saturated rings. The Labute approximate surface area is 115 Å². The summed E-state index contributed by atoms with van der Waals surface area (Å²) in [5, 5.41) is 3.30. The zero-order chi connectivity index (χ0) is 13.9. The summed E-state index contributed by atoms with van der Waals surface area (Å²) in [7, 11) is 1.65. The van der Waals surface area contributed by atoms with Crippen molar-refractivity contribution in [2.24, 2.45) is 0 Å². The molecule has 0 radical (unpaired) electrons. The number of aryl methyl sites for hydroxylation is 1. The van der Waals surface area contributed by atoms with E-state index in [0.717, 1.165) is 17.0 Å². The number of hydrogen-bond donors (Lipinski definition) is 2. The van der Waals surface area contributed by atoms with Gasteiger partial charge in [0, 0.05) is 7.11 Å². The summed E-state index contributed by atoms with van der Waals surface area (Å²) in [5.74, 6) is 2.33. The number of hydrogen-bond acceptors (Lipinski definition) is 6. The average Bonchev–Trinajstić information content (AvgIpc) is 3.07. The summed E-state index contributed by atoms with van der Waals surface area (Å²) in [6, 6.07) is 3.72. The Morgan fingerprint density at radius 2 is 2.25 bits per heavy atom. The number of nitrogens with zero attached hydrogens (tertiary/aromatic N) is 3. The maximum absolute atomic E-state index is 5.65. The van der Waals surface area contributed by atoms with Crippen LogP contribution >= 0.6 is 0 Å². The normalized spacial score (nSPS) is 12.7. The lowest BCUT2D eigenvalue weighted by Gasteiger charge is -2.16. The van der Waals surface area contributed by atoms with Crippen LogP contribution in [0, 0.1) is 6.92 Å². The number of furan rings is 1. The first-order valence-corrected chi connectivity index (χ1v) is 6.24. The minimum absolute atomic E-state index is 0.130. The van der Waals surface area contributed by atoms with Crippen molar-refractivity contribution in [2.45, 2.75) is 13.0 Å². The molecule has 0 amide bonds. The van der Waals surface area contributed by atoms with Crippen molar-refractivity contribution in [2.75, 3.05) is 19.0 Å². The van der Waals surface area contributed by atoms with Gasteiger partial charge in [-0.1, -0.05) is 0 Å². The number of fused-ring (bicyclic) bond motifs is 1. The zero-order valence-corrected chi connectivity index (χ0v) is 11.3. The number of methoxy groups -OCH3 is 1. The fraction of sp³-hybridized carbons (Fsp3) is 0.308. The molecule has 0 aromatic carbocycles. The molecule has 1 atom stereocenters. The number of aromatic nitrogens is 4. The van der Waals surface area contributed by atoms with Crippen molar-refractivity contribution in [1.82, 2.24) is 19.9 Å². The molecule has 20 heavy (non-hydrogen) atoms. The van der Waals surface area contributed by atoms with Crippen LogP contribution in [-0.2, 0) is 4.74 Å². The van der Waals surface area contributed by atoms with Crippen molar-refractivity contribution in [3.63, 3.8) is 0 Å². The number of ether oxygens (including phenoxy) is 1. The van der Waals surface area contributed by atoms with Crippen LogP contribution in [0.5, 0.6) is 0 Å². The highest BCUT2D eigenvalue weighted by molar-refractivity contribution is 5.82. The molecule has 2 N–H and O–H groups in total. The van der Waals surface area contributed by atoms with E-state index in [1.807, 2.05) is 19.1 Å². The topological polar surface area (TPSA) is 88.9 Å². The number of nitrogens with one attached hydrogen (secondary N) is 2. The summed E-state index contributed by atoms with van der Waals surface area (Å²) in [4.78, 5) is 15.5. The Balaban J connectivity index is 1.91. The lowest BCUT2D eigenvalue weighted by atomic mass is 10.2. The summed E-state index contributed by atoms with van der Waals surface area (Å²) in [5.41, 5.74) is 1.38. The average molecular weight is 273 g/mol. The fourth-order valence-electron chi connectivity index (χ4n) is 2.04. The van der Waals surface area contributed by atoms with Crippen LogP contribution in [0.3, 0.4) is 0 Å². The van der Waals surface area contributed by atoms with Gasteiger partial charge in [0.2, 0.25) is 0 Å². The summed E-state index contributed by atoms with van der Waals surface area (Å²) >= 11 is 0. The molecule has 3 heterocycles. The number of anilines is 1. The molecular formula is C13H15N5O2. The van der Waals surface area contributed by atoms with E-state index in [2.05, 4.69) is 25.3 Å². The fourth-order valence-corrected chi connectivity index (χ4v) is 2.04. The van der Waals surface area contributed by atoms with E-state index in [1.54, 1.807) is 13.4 Å². The van der Waals surface area contributed by atoms with Gasteiger partial charge in [-0.25, -0.2) is 15.0 Å². The predicted octanol–water partition coefficient (Wildman–Crippen LogP) is 2.05. The second-order valence-electron chi connectivity index (χ2n) is 4.42. The smallest absolute Gasteiger partial charge is 0.182 e. The van der Waals surface area contributed by atoms with Gasteiger partial charge in [0.15, 0.2) is 11.5 Å². The first kappa shape index (κ1) is 12.6. The molecular weight excluding hydrogens is 258 g/mol. The number of aromatic amines is 1. The van der Waals surface area contributed by atoms with E-state index in [1.165, 1.54) is 6.33 Å². The van der Waals surface area contributed by atoms with Gasteiger partial charge in [0.05, 0.1) is 12.9 Å². The number of imidazole rings is 1. The van der Waals surface area contributed by atoms with Gasteiger partial charge >= 0.3 is 0 Å². The first-order valence-electron chi connectivity index (χ1n) is 6.24. The second kappa shape index (κ2) is 5.30. The quantitative estimate of drug-likeness (QED) is 0.739. The van der Waals surface area contributed by atoms with Crippen LogP contribution in [0.25, 0.3) is 11.2 Å². The molecule has 0 bridgehead atoms. The van der Waals surface area contributed by atoms with E-state index in [4.69, 9.17) is 9.15 Å². The van der Waals surface area contributed by atoms with Gasteiger partial charge in [0.25, 0.3) is 0 Å². The van der Waals surface area contributed by atoms with Gasteiger partial charge in [-0.2, -0.15) is 0 Å². The molecule has 3 aromatic rings. The molecule has 0 aliphatic carbocycles. The van der Waals surface area contributed by atoms with E-state index in [-0.39, 0.29) is 6.04 Å². The van der Waals surface area contributed by atoms with Gasteiger partial charge in [0.1, 0.15) is 29.4 Å². The van der Waals surface area contributed by atoms with Gasteiger partial charge < -0.3 is 19.5 Å². The molecule has 0 aliphatic heterocycles. The van der Waals surface area contributed by atoms with Crippen LogP contribution in [0.1, 0.15) is 17.6 Å². The molecule has 0 saturated heterocycles. The molecule has 0 unspecified atom stereocenters. The Morgan fingerprint density at radius 1 is 1.35 bits per heavy atom. The first-order chi connectivity index (χ1) is 9.78. The summed E-state index contributed by atoms with van der Waals surface area (Å²) in [6.45, 7) is 2.37. The molecule has 0 saturated carbocycles. The van der Waals surface area contributed by atoms with Crippen LogP contribution in [0.4, 0.5) is 5.82 Å². The summed E-state index contributed by atoms with van der Waals surface area (Å²) in [6.07, 6.45) is 3.07. The van der Waals surface area contributed by atoms with E-state index < -0.39 is 0 Å². The second-order valence-corrected chi connectivity index (χ2v) is 4.42. The third kappa shape index (κ3) is 2.35. The van der Waals surface area contributed by atoms with Crippen molar-refractivity contribution < 1.29 is 9.15 Å². The molecule has 3 rings (SSSR count). The largest absolute Gasteiger partial charge is 0.464 e. The van der Waals surface area contributed by atoms with Crippen LogP contribution < -0.4 is 5.32 Å². The van der Waals surface area contributed by atoms with E-state index >= 15 is 0 Å². The molecule has 7 nitrogen and oxygen atoms in total. The highest BCUT2D eigenvalue weighted by Gasteiger charge is 2.17. The zero-order valence-electron chi connectivity index (χ0n) is 11.3. The maximum atomic E-state index is 5.65. The molecule has 0 spiro atoms. The third-order valence-electron chi connectivity index (χ3n) is 2.97. The van der Waals surface area contributed by atoms with Crippen LogP contribution in [0.2, 0.25) is 0 Å². The SMILES string of the molecule is COC[C@@H](Nc1ncnc2nc[nH]c12)c1ccc(C)o1. The molecule has 3 aromatic heterocycles. The molecule has 7 heteroatoms. The van der Waals surface area contributed by atoms with Crippen molar-refractivity contribution in [1.29, 1.82) is 0 Å². The lowest BCUT2D eigenvalue weighted by Crippen LogP contribution is -2.16. The van der Waals surface area contributed by atoms with Gasteiger partial charge in [-0.05, 0) is 19.1 Å². The number of H-pyrrole nitrogens is 1. The monoisotopic (exact) mass is 273 g/mol. The van der Waals surface area contributed by atoms with E-state index in [9.17, 15) is 0 Å². The van der Waals surface area contributed by atoms with Crippen LogP contribution in [-0.4, -0.2) is 33.7 Å². The van der Waals surface area contributed by atoms with Crippen molar-refractivity contribution in [3.05, 3.63) is 36.3 Å². The van der Waals surface area contributed by atoms with Crippen molar-refractivity contribution in [3.8, 4) is 0 Å². The lowest BCUT2D eigenvalue weighted by molar-refractivity contribution is 0.178. The minimum atomic E-state index is -0.130. The third-order valence-corrected chi connectivity index (χ3v) is 2.97. The number of rotatable bonds is 5. The van der Waals surface area contributed by atoms with Crippen molar-refractivity contribution >= 4 is 17.0 Å². The standard InChI is InChI=1S/C13H15N5O2/c1-8-3-4-10(20-8)9(5-19-2)18-13-11-12(15-6-14-11)16-7-17-13/h3-4,6-7,9H,5H2,1-2H3,(H2,14,15,16,17,18)/t9-/m1/s1. The Morgan fingerprint density at radius 3 is 3.00 bits per heavy atom. The highest BCUT2D eigenvalue weighted by Crippen LogP contribution is 2.23. The van der Waals surface area contributed by atoms with Crippen LogP contribution in [0.15, 0.2) is 29.2 Å². The predicted molar refractivity (Wildman–Crippen MR) is 73.4 cm³/mol. The Bertz CT molecular complexity index is 705. The Hall–Kier alpha value is -2.41. The van der Waals surface area contributed by atoms with E-state index in [0.29, 0.717) is 18.1 Å². The minimum Gasteiger partial charge on any atom is -0.464 e. The maximum Gasteiger partial charge on any atom is 0.182 e. The summed E-state index contributed by atoms with van der Waals surface area (Å²) < 4.78 is 10.9. The van der Waals surface area contributed by atoms with Gasteiger partial charge in [-0.15, -0.1) is 0 Å². The molecule has 0 aliphatic rings. The Kier molecular flexibility index (Phi) is 3.34.